The Morgan fingerprint density at radius 2 is 1.41 bits per heavy atom. The summed E-state index contributed by atoms with van der Waals surface area (Å²) in [6, 6.07) is 0.552. The van der Waals surface area contributed by atoms with Gasteiger partial charge in [0, 0.05) is 31.2 Å². The Bertz CT molecular complexity index is 530. The fourth-order valence-electron chi connectivity index (χ4n) is 5.82. The molecule has 7 heteroatoms. The molecule has 3 amide bonds. The van der Waals surface area contributed by atoms with Gasteiger partial charge in [-0.3, -0.25) is 4.79 Å². The van der Waals surface area contributed by atoms with Crippen LogP contribution < -0.4 is 16.4 Å². The minimum absolute atomic E-state index is 0. The quantitative estimate of drug-likeness (QED) is 0.682. The van der Waals surface area contributed by atoms with Crippen molar-refractivity contribution in [3.05, 3.63) is 0 Å². The van der Waals surface area contributed by atoms with Crippen LogP contribution in [0, 0.1) is 17.8 Å². The number of amides is 3. The summed E-state index contributed by atoms with van der Waals surface area (Å²) >= 11 is 0. The smallest absolute Gasteiger partial charge is 0.315 e. The van der Waals surface area contributed by atoms with Gasteiger partial charge >= 0.3 is 6.03 Å². The van der Waals surface area contributed by atoms with Crippen molar-refractivity contribution in [2.75, 3.05) is 13.1 Å². The Hall–Kier alpha value is -1.01. The van der Waals surface area contributed by atoms with Crippen molar-refractivity contribution >= 4 is 24.3 Å². The van der Waals surface area contributed by atoms with Gasteiger partial charge in [0.15, 0.2) is 0 Å². The van der Waals surface area contributed by atoms with E-state index in [-0.39, 0.29) is 42.3 Å². The topological polar surface area (TPSA) is 87.5 Å². The average molecular weight is 399 g/mol. The Morgan fingerprint density at radius 1 is 0.815 bits per heavy atom. The summed E-state index contributed by atoms with van der Waals surface area (Å²) < 4.78 is 0. The largest absolute Gasteiger partial charge is 0.342 e. The molecule has 1 saturated heterocycles. The van der Waals surface area contributed by atoms with Gasteiger partial charge in [-0.1, -0.05) is 19.3 Å². The third-order valence-electron chi connectivity index (χ3n) is 7.35. The number of fused-ring (bicyclic) bond motifs is 2. The van der Waals surface area contributed by atoms with E-state index in [1.807, 2.05) is 4.90 Å². The Morgan fingerprint density at radius 3 is 2.00 bits per heavy atom. The first-order valence-electron chi connectivity index (χ1n) is 10.7. The number of nitrogens with two attached hydrogens (primary N) is 1. The van der Waals surface area contributed by atoms with Crippen LogP contribution in [-0.2, 0) is 4.79 Å². The highest BCUT2D eigenvalue weighted by atomic mass is 35.5. The molecular weight excluding hydrogens is 364 g/mol. The van der Waals surface area contributed by atoms with Crippen LogP contribution in [0.1, 0.15) is 64.2 Å². The van der Waals surface area contributed by atoms with E-state index in [9.17, 15) is 9.59 Å². The van der Waals surface area contributed by atoms with Gasteiger partial charge in [0.05, 0.1) is 5.92 Å². The van der Waals surface area contributed by atoms with E-state index in [0.29, 0.717) is 17.9 Å². The average Bonchev–Trinajstić information content (AvgIpc) is 3.24. The highest BCUT2D eigenvalue weighted by Crippen LogP contribution is 2.48. The van der Waals surface area contributed by atoms with Crippen LogP contribution in [0.4, 0.5) is 4.79 Å². The maximum atomic E-state index is 12.9. The zero-order valence-corrected chi connectivity index (χ0v) is 17.0. The number of urea groups is 1. The number of likely N-dealkylation sites (tertiary alicyclic amines) is 1. The van der Waals surface area contributed by atoms with E-state index in [0.717, 1.165) is 45.2 Å². The van der Waals surface area contributed by atoms with E-state index >= 15 is 0 Å². The van der Waals surface area contributed by atoms with Crippen molar-refractivity contribution in [3.8, 4) is 0 Å². The molecular formula is C20H35ClN4O2. The summed E-state index contributed by atoms with van der Waals surface area (Å²) in [4.78, 5) is 27.2. The molecule has 4 aliphatic rings. The predicted octanol–water partition coefficient (Wildman–Crippen LogP) is 2.40. The van der Waals surface area contributed by atoms with Crippen LogP contribution in [0.5, 0.6) is 0 Å². The molecule has 0 aromatic heterocycles. The van der Waals surface area contributed by atoms with Crippen molar-refractivity contribution in [2.24, 2.45) is 23.5 Å². The summed E-state index contributed by atoms with van der Waals surface area (Å²) in [5.74, 6) is 1.40. The van der Waals surface area contributed by atoms with Gasteiger partial charge < -0.3 is 21.3 Å². The highest BCUT2D eigenvalue weighted by molar-refractivity contribution is 5.85. The van der Waals surface area contributed by atoms with Crippen LogP contribution in [-0.4, -0.2) is 48.1 Å². The van der Waals surface area contributed by atoms with E-state index in [2.05, 4.69) is 10.6 Å². The summed E-state index contributed by atoms with van der Waals surface area (Å²) in [5.41, 5.74) is 6.34. The Labute approximate surface area is 168 Å². The molecule has 0 radical (unpaired) electrons. The number of hydrogen-bond acceptors (Lipinski definition) is 3. The number of halogens is 1. The second kappa shape index (κ2) is 8.99. The van der Waals surface area contributed by atoms with E-state index in [4.69, 9.17) is 5.73 Å². The molecule has 2 bridgehead atoms. The second-order valence-corrected chi connectivity index (χ2v) is 8.99. The van der Waals surface area contributed by atoms with Gasteiger partial charge in [0.1, 0.15) is 0 Å². The van der Waals surface area contributed by atoms with Crippen molar-refractivity contribution in [3.63, 3.8) is 0 Å². The second-order valence-electron chi connectivity index (χ2n) is 8.99. The van der Waals surface area contributed by atoms with Crippen LogP contribution in [0.2, 0.25) is 0 Å². The number of carbonyl (C=O) groups is 2. The normalized spacial score (nSPS) is 34.2. The lowest BCUT2D eigenvalue weighted by Gasteiger charge is -2.37. The highest BCUT2D eigenvalue weighted by Gasteiger charge is 2.50. The number of hydrogen-bond donors (Lipinski definition) is 3. The summed E-state index contributed by atoms with van der Waals surface area (Å²) in [7, 11) is 0. The lowest BCUT2D eigenvalue weighted by atomic mass is 9.83. The fourth-order valence-corrected chi connectivity index (χ4v) is 5.82. The molecule has 0 aromatic rings. The number of nitrogens with zero attached hydrogens (tertiary/aromatic N) is 1. The molecule has 1 heterocycles. The van der Waals surface area contributed by atoms with Crippen molar-refractivity contribution in [1.29, 1.82) is 0 Å². The van der Waals surface area contributed by atoms with Crippen molar-refractivity contribution in [1.82, 2.24) is 15.5 Å². The van der Waals surface area contributed by atoms with Crippen molar-refractivity contribution < 1.29 is 9.59 Å². The van der Waals surface area contributed by atoms with Crippen molar-refractivity contribution in [2.45, 2.75) is 82.3 Å². The molecule has 4 fully saturated rings. The fraction of sp³-hybridized carbons (Fsp3) is 0.900. The minimum atomic E-state index is -0.0307. The third-order valence-corrected chi connectivity index (χ3v) is 7.35. The Balaban J connectivity index is 0.00000210. The first-order chi connectivity index (χ1) is 12.6. The van der Waals surface area contributed by atoms with Crippen LogP contribution in [0.15, 0.2) is 0 Å². The minimum Gasteiger partial charge on any atom is -0.342 e. The molecule has 4 rings (SSSR count). The molecule has 4 N–H and O–H groups in total. The molecule has 3 saturated carbocycles. The predicted molar refractivity (Wildman–Crippen MR) is 108 cm³/mol. The molecule has 3 aliphatic carbocycles. The van der Waals surface area contributed by atoms with Gasteiger partial charge in [0.25, 0.3) is 0 Å². The van der Waals surface area contributed by atoms with Crippen LogP contribution in [0.25, 0.3) is 0 Å². The molecule has 0 spiro atoms. The molecule has 154 valence electrons. The summed E-state index contributed by atoms with van der Waals surface area (Å²) in [5, 5.41) is 6.24. The molecule has 6 nitrogen and oxygen atoms in total. The third kappa shape index (κ3) is 4.53. The standard InChI is InChI=1S/C20H34N4O2.ClH/c21-18-14-7-6-13(12-14)17(18)19(25)24-10-8-16(9-11-24)23-20(26)22-15-4-2-1-3-5-15;/h13-18H,1-12,21H2,(H2,22,23,26);1H. The molecule has 1 aliphatic heterocycles. The number of piperidine rings is 1. The van der Waals surface area contributed by atoms with E-state index in [1.54, 1.807) is 0 Å². The first kappa shape index (κ1) is 20.7. The van der Waals surface area contributed by atoms with Crippen LogP contribution >= 0.6 is 12.4 Å². The maximum Gasteiger partial charge on any atom is 0.315 e. The van der Waals surface area contributed by atoms with Gasteiger partial charge in [0.2, 0.25) is 5.91 Å². The maximum absolute atomic E-state index is 12.9. The molecule has 4 unspecified atom stereocenters. The molecule has 0 aromatic carbocycles. The Kier molecular flexibility index (Phi) is 6.90. The SMILES string of the molecule is Cl.NC1C2CCC(C2)C1C(=O)N1CCC(NC(=O)NC2CCCCC2)CC1. The van der Waals surface area contributed by atoms with Gasteiger partial charge in [-0.2, -0.15) is 0 Å². The number of carbonyl (C=O) groups excluding carboxylic acids is 2. The van der Waals surface area contributed by atoms with E-state index in [1.165, 1.54) is 32.1 Å². The molecule has 4 atom stereocenters. The van der Waals surface area contributed by atoms with Gasteiger partial charge in [-0.25, -0.2) is 4.79 Å². The summed E-state index contributed by atoms with van der Waals surface area (Å²) in [6.07, 6.45) is 11.2. The first-order valence-corrected chi connectivity index (χ1v) is 10.7. The van der Waals surface area contributed by atoms with Gasteiger partial charge in [-0.15, -0.1) is 12.4 Å². The number of nitrogens with one attached hydrogen (secondary N) is 2. The van der Waals surface area contributed by atoms with Gasteiger partial charge in [-0.05, 0) is 56.8 Å². The zero-order chi connectivity index (χ0) is 18.1. The van der Waals surface area contributed by atoms with E-state index < -0.39 is 0 Å². The monoisotopic (exact) mass is 398 g/mol. The lowest BCUT2D eigenvalue weighted by Crippen LogP contribution is -2.53. The lowest BCUT2D eigenvalue weighted by molar-refractivity contribution is -0.138. The zero-order valence-electron chi connectivity index (χ0n) is 16.2. The van der Waals surface area contributed by atoms with Crippen LogP contribution in [0.3, 0.4) is 0 Å². The molecule has 27 heavy (non-hydrogen) atoms. The number of rotatable bonds is 3. The summed E-state index contributed by atoms with van der Waals surface area (Å²) in [6.45, 7) is 1.49.